The van der Waals surface area contributed by atoms with Crippen LogP contribution in [0.5, 0.6) is 0 Å². The van der Waals surface area contributed by atoms with E-state index in [0.717, 1.165) is 38.2 Å². The Balaban J connectivity index is 1.49. The average Bonchev–Trinajstić information content (AvgIpc) is 3.30. The molecule has 2 unspecified atom stereocenters. The lowest BCUT2D eigenvalue weighted by Crippen LogP contribution is -2.60. The second-order valence-corrected chi connectivity index (χ2v) is 13.4. The molecule has 2 aromatic rings. The number of aliphatic carboxylic acids is 1. The maximum Gasteiger partial charge on any atom is 0.410 e. The van der Waals surface area contributed by atoms with Gasteiger partial charge in [0.1, 0.15) is 29.2 Å². The van der Waals surface area contributed by atoms with Gasteiger partial charge in [-0.3, -0.25) is 19.3 Å². The van der Waals surface area contributed by atoms with Gasteiger partial charge in [0.25, 0.3) is 5.91 Å². The quantitative estimate of drug-likeness (QED) is 0.410. The first-order chi connectivity index (χ1) is 22.1. The molecule has 1 aliphatic heterocycles. The number of nitrogens with zero attached hydrogens (tertiary/aromatic N) is 4. The largest absolute Gasteiger partial charge is 0.478 e. The third kappa shape index (κ3) is 8.30. The average molecular weight is 656 g/mol. The number of nitrogens with one attached hydrogen (secondary N) is 1. The van der Waals surface area contributed by atoms with Gasteiger partial charge in [0.2, 0.25) is 11.8 Å². The van der Waals surface area contributed by atoms with Crippen molar-refractivity contribution in [1.82, 2.24) is 24.6 Å². The van der Waals surface area contributed by atoms with Gasteiger partial charge < -0.3 is 29.5 Å². The minimum absolute atomic E-state index is 0.0568. The molecule has 256 valence electrons. The van der Waals surface area contributed by atoms with E-state index in [0.29, 0.717) is 16.5 Å². The Morgan fingerprint density at radius 1 is 1.04 bits per heavy atom. The fourth-order valence-electron chi connectivity index (χ4n) is 6.29. The highest BCUT2D eigenvalue weighted by atomic mass is 19.1. The summed E-state index contributed by atoms with van der Waals surface area (Å²) in [5.41, 5.74) is 0.372. The monoisotopic (exact) mass is 655 g/mol. The van der Waals surface area contributed by atoms with Gasteiger partial charge in [-0.1, -0.05) is 19.3 Å². The van der Waals surface area contributed by atoms with Gasteiger partial charge in [-0.05, 0) is 70.7 Å². The summed E-state index contributed by atoms with van der Waals surface area (Å²) in [5.74, 6) is -2.81. The molecular weight excluding hydrogens is 609 g/mol. The van der Waals surface area contributed by atoms with Crippen molar-refractivity contribution >= 4 is 46.8 Å². The normalized spacial score (nSPS) is 17.4. The minimum atomic E-state index is -1.20. The van der Waals surface area contributed by atoms with Crippen molar-refractivity contribution in [2.45, 2.75) is 77.5 Å². The van der Waals surface area contributed by atoms with Crippen LogP contribution in [-0.4, -0.2) is 105 Å². The van der Waals surface area contributed by atoms with Crippen molar-refractivity contribution in [3.8, 4) is 0 Å². The minimum Gasteiger partial charge on any atom is -0.478 e. The van der Waals surface area contributed by atoms with Gasteiger partial charge in [-0.2, -0.15) is 0 Å². The number of rotatable bonds is 8. The number of benzene rings is 1. The number of aromatic nitrogens is 1. The number of amides is 4. The summed E-state index contributed by atoms with van der Waals surface area (Å²) in [5, 5.41) is 12.6. The number of fused-ring (bicyclic) bond motifs is 1. The molecular formula is C34H46FN5O7. The molecule has 1 aromatic heterocycles. The molecule has 12 nitrogen and oxygen atoms in total. The van der Waals surface area contributed by atoms with E-state index in [1.165, 1.54) is 30.2 Å². The van der Waals surface area contributed by atoms with E-state index in [1.54, 1.807) is 55.2 Å². The highest BCUT2D eigenvalue weighted by molar-refractivity contribution is 6.06. The molecule has 0 radical (unpaired) electrons. The van der Waals surface area contributed by atoms with Gasteiger partial charge in [0.05, 0.1) is 0 Å². The lowest BCUT2D eigenvalue weighted by molar-refractivity contribution is -0.140. The SMILES string of the molecule is CC(C(=O)NC(C(=O)N1CCN(C(=O)c2c(C=CC(=O)O)c3cc(F)ccc3n2C)CC1)C1CCCCC1)N(C)C(=O)OC(C)(C)C. The van der Waals surface area contributed by atoms with Crippen LogP contribution in [-0.2, 0) is 26.2 Å². The zero-order valence-corrected chi connectivity index (χ0v) is 28.0. The predicted octanol–water partition coefficient (Wildman–Crippen LogP) is 4.02. The molecule has 0 bridgehead atoms. The third-order valence-electron chi connectivity index (χ3n) is 9.00. The van der Waals surface area contributed by atoms with Crippen molar-refractivity contribution in [2.75, 3.05) is 33.2 Å². The van der Waals surface area contributed by atoms with Crippen molar-refractivity contribution in [1.29, 1.82) is 0 Å². The van der Waals surface area contributed by atoms with Crippen molar-refractivity contribution in [3.05, 3.63) is 41.3 Å². The lowest BCUT2D eigenvalue weighted by atomic mass is 9.83. The van der Waals surface area contributed by atoms with Crippen LogP contribution in [0, 0.1) is 11.7 Å². The number of hydrogen-bond acceptors (Lipinski definition) is 6. The Labute approximate surface area is 274 Å². The van der Waals surface area contributed by atoms with Crippen LogP contribution >= 0.6 is 0 Å². The molecule has 1 aliphatic carbocycles. The summed E-state index contributed by atoms with van der Waals surface area (Å²) in [6.07, 6.45) is 6.13. The van der Waals surface area contributed by atoms with Crippen molar-refractivity contribution < 1.29 is 38.2 Å². The van der Waals surface area contributed by atoms with Crippen LogP contribution < -0.4 is 5.32 Å². The Kier molecular flexibility index (Phi) is 11.0. The van der Waals surface area contributed by atoms with Crippen molar-refractivity contribution in [3.63, 3.8) is 0 Å². The molecule has 47 heavy (non-hydrogen) atoms. The molecule has 1 saturated carbocycles. The van der Waals surface area contributed by atoms with Crippen LogP contribution in [0.4, 0.5) is 9.18 Å². The summed E-state index contributed by atoms with van der Waals surface area (Å²) < 4.78 is 21.2. The van der Waals surface area contributed by atoms with E-state index in [9.17, 15) is 33.5 Å². The number of carboxylic acids is 1. The maximum atomic E-state index is 14.2. The molecule has 0 spiro atoms. The number of likely N-dealkylation sites (N-methyl/N-ethyl adjacent to an activating group) is 1. The molecule has 2 heterocycles. The highest BCUT2D eigenvalue weighted by Crippen LogP contribution is 2.30. The zero-order chi connectivity index (χ0) is 34.6. The molecule has 4 rings (SSSR count). The number of ether oxygens (including phenoxy) is 1. The first-order valence-electron chi connectivity index (χ1n) is 16.1. The fourth-order valence-corrected chi connectivity index (χ4v) is 6.29. The molecule has 2 fully saturated rings. The van der Waals surface area contributed by atoms with Crippen LogP contribution in [0.1, 0.15) is 75.9 Å². The predicted molar refractivity (Wildman–Crippen MR) is 174 cm³/mol. The summed E-state index contributed by atoms with van der Waals surface area (Å²) in [6.45, 7) is 7.71. The van der Waals surface area contributed by atoms with Gasteiger partial charge in [-0.25, -0.2) is 14.0 Å². The van der Waals surface area contributed by atoms with E-state index in [-0.39, 0.29) is 49.6 Å². The molecule has 2 atom stereocenters. The second-order valence-electron chi connectivity index (χ2n) is 13.4. The van der Waals surface area contributed by atoms with E-state index < -0.39 is 41.5 Å². The summed E-state index contributed by atoms with van der Waals surface area (Å²) in [4.78, 5) is 69.6. The first-order valence-corrected chi connectivity index (χ1v) is 16.1. The van der Waals surface area contributed by atoms with E-state index >= 15 is 0 Å². The summed E-state index contributed by atoms with van der Waals surface area (Å²) >= 11 is 0. The number of carboxylic acid groups (broad SMARTS) is 1. The van der Waals surface area contributed by atoms with Crippen LogP contribution in [0.15, 0.2) is 24.3 Å². The number of halogens is 1. The Morgan fingerprint density at radius 3 is 2.26 bits per heavy atom. The molecule has 1 saturated heterocycles. The standard InChI is InChI=1S/C34H46FN5O7/c1-21(37(5)33(46)47-34(2,3)4)30(43)36-28(22-10-8-7-9-11-22)31(44)39-16-18-40(19-17-39)32(45)29-24(13-15-27(41)42)25-20-23(35)12-14-26(25)38(29)6/h12-15,20-22,28H,7-11,16-19H2,1-6H3,(H,36,43)(H,41,42). The number of carbonyl (C=O) groups is 5. The molecule has 2 aliphatic rings. The number of hydrogen-bond donors (Lipinski definition) is 2. The molecule has 1 aromatic carbocycles. The Bertz CT molecular complexity index is 1550. The topological polar surface area (TPSA) is 141 Å². The van der Waals surface area contributed by atoms with Gasteiger partial charge >= 0.3 is 12.1 Å². The zero-order valence-electron chi connectivity index (χ0n) is 28.0. The molecule has 4 amide bonds. The molecule has 2 N–H and O–H groups in total. The first kappa shape index (κ1) is 35.4. The number of carbonyl (C=O) groups excluding carboxylic acids is 4. The summed E-state index contributed by atoms with van der Waals surface area (Å²) in [7, 11) is 3.16. The van der Waals surface area contributed by atoms with E-state index in [4.69, 9.17) is 4.74 Å². The van der Waals surface area contributed by atoms with Gasteiger partial charge in [0, 0.05) is 62.8 Å². The Morgan fingerprint density at radius 2 is 1.66 bits per heavy atom. The smallest absolute Gasteiger partial charge is 0.410 e. The van der Waals surface area contributed by atoms with E-state index in [1.807, 2.05) is 0 Å². The second kappa shape index (κ2) is 14.6. The molecule has 13 heteroatoms. The highest BCUT2D eigenvalue weighted by Gasteiger charge is 2.38. The van der Waals surface area contributed by atoms with E-state index in [2.05, 4.69) is 5.32 Å². The summed E-state index contributed by atoms with van der Waals surface area (Å²) in [6, 6.07) is 2.44. The van der Waals surface area contributed by atoms with Gasteiger partial charge in [0.15, 0.2) is 0 Å². The number of piperazine rings is 1. The van der Waals surface area contributed by atoms with Crippen LogP contribution in [0.2, 0.25) is 0 Å². The van der Waals surface area contributed by atoms with Gasteiger partial charge in [-0.15, -0.1) is 0 Å². The Hall–Kier alpha value is -4.42. The van der Waals surface area contributed by atoms with Crippen LogP contribution in [0.25, 0.3) is 17.0 Å². The third-order valence-corrected chi connectivity index (χ3v) is 9.00. The maximum absolute atomic E-state index is 14.2. The van der Waals surface area contributed by atoms with Crippen molar-refractivity contribution in [2.24, 2.45) is 13.0 Å². The fraction of sp³-hybridized carbons (Fsp3) is 0.559. The lowest BCUT2D eigenvalue weighted by Gasteiger charge is -2.39. The van der Waals surface area contributed by atoms with Crippen LogP contribution in [0.3, 0.4) is 0 Å². The number of aryl methyl sites for hydroxylation is 1.